The van der Waals surface area contributed by atoms with Gasteiger partial charge in [0.05, 0.1) is 12.0 Å². The zero-order valence-electron chi connectivity index (χ0n) is 18.5. The minimum Gasteiger partial charge on any atom is -0.497 e. The topological polar surface area (TPSA) is 75.7 Å². The third kappa shape index (κ3) is 5.83. The van der Waals surface area contributed by atoms with Crippen LogP contribution in [0, 0.1) is 11.8 Å². The first kappa shape index (κ1) is 23.9. The van der Waals surface area contributed by atoms with Gasteiger partial charge >= 0.3 is 0 Å². The van der Waals surface area contributed by atoms with E-state index in [0.29, 0.717) is 23.1 Å². The fourth-order valence-corrected chi connectivity index (χ4v) is 4.53. The van der Waals surface area contributed by atoms with Gasteiger partial charge in [0.15, 0.2) is 0 Å². The molecule has 0 radical (unpaired) electrons. The van der Waals surface area contributed by atoms with Crippen molar-refractivity contribution >= 4 is 15.9 Å². The highest BCUT2D eigenvalue weighted by molar-refractivity contribution is 7.89. The minimum absolute atomic E-state index is 0.0953. The van der Waals surface area contributed by atoms with Crippen molar-refractivity contribution in [2.75, 3.05) is 14.2 Å². The van der Waals surface area contributed by atoms with E-state index in [2.05, 4.69) is 33.0 Å². The summed E-state index contributed by atoms with van der Waals surface area (Å²) in [6.45, 7) is 8.57. The molecule has 1 amide bonds. The number of carbonyl (C=O) groups is 1. The molecule has 0 spiro atoms. The maximum Gasteiger partial charge on any atom is 0.251 e. The number of carbonyl (C=O) groups excluding carboxylic acids is 1. The Balaban J connectivity index is 2.08. The molecule has 2 aromatic carbocycles. The standard InChI is InChI=1S/C23H32N2O4S/c1-16(2)22(17(3)4)24-23(26)19-9-7-18(8-10-19)15-25(5)30(27,28)21-13-11-20(29-6)12-14-21/h7-14,16-17,22H,15H2,1-6H3,(H,24,26). The van der Waals surface area contributed by atoms with E-state index in [0.717, 1.165) is 5.56 Å². The second kappa shape index (κ2) is 10.1. The quantitative estimate of drug-likeness (QED) is 0.651. The SMILES string of the molecule is COc1ccc(S(=O)(=O)N(C)Cc2ccc(C(=O)NC(C(C)C)C(C)C)cc2)cc1. The first-order valence-corrected chi connectivity index (χ1v) is 11.5. The highest BCUT2D eigenvalue weighted by atomic mass is 32.2. The zero-order valence-corrected chi connectivity index (χ0v) is 19.4. The Hall–Kier alpha value is -2.38. The van der Waals surface area contributed by atoms with Crippen LogP contribution in [0.3, 0.4) is 0 Å². The molecule has 0 bridgehead atoms. The van der Waals surface area contributed by atoms with Crippen LogP contribution in [0.2, 0.25) is 0 Å². The van der Waals surface area contributed by atoms with Crippen LogP contribution in [0.1, 0.15) is 43.6 Å². The van der Waals surface area contributed by atoms with E-state index in [1.54, 1.807) is 36.4 Å². The van der Waals surface area contributed by atoms with Gasteiger partial charge in [-0.3, -0.25) is 4.79 Å². The molecule has 0 unspecified atom stereocenters. The number of benzene rings is 2. The molecule has 0 aliphatic heterocycles. The predicted molar refractivity (Wildman–Crippen MR) is 119 cm³/mol. The lowest BCUT2D eigenvalue weighted by Gasteiger charge is -2.26. The number of amides is 1. The Kier molecular flexibility index (Phi) is 8.03. The number of nitrogens with zero attached hydrogens (tertiary/aromatic N) is 1. The van der Waals surface area contributed by atoms with Crippen LogP contribution in [0.4, 0.5) is 0 Å². The number of hydrogen-bond acceptors (Lipinski definition) is 4. The molecule has 0 atom stereocenters. The second-order valence-electron chi connectivity index (χ2n) is 8.12. The molecule has 0 aromatic heterocycles. The highest BCUT2D eigenvalue weighted by Crippen LogP contribution is 2.20. The zero-order chi connectivity index (χ0) is 22.5. The number of ether oxygens (including phenoxy) is 1. The maximum atomic E-state index is 12.8. The summed E-state index contributed by atoms with van der Waals surface area (Å²) in [5.74, 6) is 1.16. The van der Waals surface area contributed by atoms with E-state index in [9.17, 15) is 13.2 Å². The van der Waals surface area contributed by atoms with Gasteiger partial charge in [0.25, 0.3) is 5.91 Å². The van der Waals surface area contributed by atoms with Crippen LogP contribution >= 0.6 is 0 Å². The fraction of sp³-hybridized carbons (Fsp3) is 0.435. The summed E-state index contributed by atoms with van der Waals surface area (Å²) in [5.41, 5.74) is 1.36. The van der Waals surface area contributed by atoms with E-state index in [1.807, 2.05) is 0 Å². The lowest BCUT2D eigenvalue weighted by atomic mass is 9.93. The highest BCUT2D eigenvalue weighted by Gasteiger charge is 2.22. The Labute approximate surface area is 180 Å². The van der Waals surface area contributed by atoms with E-state index in [4.69, 9.17) is 4.74 Å². The van der Waals surface area contributed by atoms with Gasteiger partial charge in [0.2, 0.25) is 10.0 Å². The Morgan fingerprint density at radius 3 is 1.97 bits per heavy atom. The molecule has 0 saturated carbocycles. The Bertz CT molecular complexity index is 928. The van der Waals surface area contributed by atoms with Gasteiger partial charge in [-0.2, -0.15) is 4.31 Å². The molecular formula is C23H32N2O4S. The van der Waals surface area contributed by atoms with Gasteiger partial charge in [0, 0.05) is 25.2 Å². The van der Waals surface area contributed by atoms with E-state index in [-0.39, 0.29) is 23.4 Å². The molecule has 0 aliphatic rings. The van der Waals surface area contributed by atoms with Crippen molar-refractivity contribution in [2.24, 2.45) is 11.8 Å². The Morgan fingerprint density at radius 1 is 0.967 bits per heavy atom. The number of rotatable bonds is 9. The Morgan fingerprint density at radius 2 is 1.50 bits per heavy atom. The molecule has 0 heterocycles. The normalized spacial score (nSPS) is 12.1. The van der Waals surface area contributed by atoms with Gasteiger partial charge in [-0.1, -0.05) is 39.8 Å². The molecule has 164 valence electrons. The number of nitrogens with one attached hydrogen (secondary N) is 1. The third-order valence-electron chi connectivity index (χ3n) is 5.12. The van der Waals surface area contributed by atoms with Crippen LogP contribution in [-0.4, -0.2) is 38.8 Å². The maximum absolute atomic E-state index is 12.8. The molecule has 30 heavy (non-hydrogen) atoms. The lowest BCUT2D eigenvalue weighted by molar-refractivity contribution is 0.0910. The summed E-state index contributed by atoms with van der Waals surface area (Å²) < 4.78 is 31.9. The first-order chi connectivity index (χ1) is 14.1. The lowest BCUT2D eigenvalue weighted by Crippen LogP contribution is -2.42. The molecule has 2 aromatic rings. The summed E-state index contributed by atoms with van der Waals surface area (Å²) in [4.78, 5) is 12.8. The van der Waals surface area contributed by atoms with Crippen LogP contribution in [0.5, 0.6) is 5.75 Å². The third-order valence-corrected chi connectivity index (χ3v) is 6.94. The van der Waals surface area contributed by atoms with E-state index >= 15 is 0 Å². The smallest absolute Gasteiger partial charge is 0.251 e. The fourth-order valence-electron chi connectivity index (χ4n) is 3.37. The summed E-state index contributed by atoms with van der Waals surface area (Å²) >= 11 is 0. The largest absolute Gasteiger partial charge is 0.497 e. The van der Waals surface area contributed by atoms with Gasteiger partial charge in [-0.05, 0) is 53.8 Å². The average Bonchev–Trinajstić information content (AvgIpc) is 2.71. The molecule has 0 aliphatic carbocycles. The van der Waals surface area contributed by atoms with Gasteiger partial charge in [-0.25, -0.2) is 8.42 Å². The number of sulfonamides is 1. The summed E-state index contributed by atoms with van der Waals surface area (Å²) in [6.07, 6.45) is 0. The van der Waals surface area contributed by atoms with Crippen LogP contribution < -0.4 is 10.1 Å². The van der Waals surface area contributed by atoms with Crippen molar-refractivity contribution in [1.82, 2.24) is 9.62 Å². The van der Waals surface area contributed by atoms with Crippen molar-refractivity contribution < 1.29 is 17.9 Å². The van der Waals surface area contributed by atoms with Crippen molar-refractivity contribution in [3.8, 4) is 5.75 Å². The first-order valence-electron chi connectivity index (χ1n) is 10.1. The van der Waals surface area contributed by atoms with Crippen molar-refractivity contribution in [3.63, 3.8) is 0 Å². The summed E-state index contributed by atoms with van der Waals surface area (Å²) in [5, 5.41) is 3.09. The van der Waals surface area contributed by atoms with Crippen LogP contribution in [0.25, 0.3) is 0 Å². The van der Waals surface area contributed by atoms with E-state index in [1.165, 1.54) is 30.6 Å². The number of hydrogen-bond donors (Lipinski definition) is 1. The van der Waals surface area contributed by atoms with Crippen molar-refractivity contribution in [3.05, 3.63) is 59.7 Å². The van der Waals surface area contributed by atoms with Gasteiger partial charge in [0.1, 0.15) is 5.75 Å². The predicted octanol–water partition coefficient (Wildman–Crippen LogP) is 3.93. The van der Waals surface area contributed by atoms with Gasteiger partial charge in [-0.15, -0.1) is 0 Å². The van der Waals surface area contributed by atoms with Crippen LogP contribution in [0.15, 0.2) is 53.4 Å². The molecule has 7 heteroatoms. The minimum atomic E-state index is -3.63. The summed E-state index contributed by atoms with van der Waals surface area (Å²) in [7, 11) is -0.554. The van der Waals surface area contributed by atoms with Gasteiger partial charge < -0.3 is 10.1 Å². The molecule has 2 rings (SSSR count). The average molecular weight is 433 g/mol. The van der Waals surface area contributed by atoms with Crippen LogP contribution in [-0.2, 0) is 16.6 Å². The van der Waals surface area contributed by atoms with Crippen molar-refractivity contribution in [1.29, 1.82) is 0 Å². The molecular weight excluding hydrogens is 400 g/mol. The monoisotopic (exact) mass is 432 g/mol. The molecule has 0 fully saturated rings. The summed E-state index contributed by atoms with van der Waals surface area (Å²) in [6, 6.07) is 13.4. The molecule has 0 saturated heterocycles. The number of methoxy groups -OCH3 is 1. The molecule has 1 N–H and O–H groups in total. The van der Waals surface area contributed by atoms with E-state index < -0.39 is 10.0 Å². The molecule has 6 nitrogen and oxygen atoms in total. The second-order valence-corrected chi connectivity index (χ2v) is 10.2. The van der Waals surface area contributed by atoms with Crippen molar-refractivity contribution in [2.45, 2.75) is 45.2 Å².